The van der Waals surface area contributed by atoms with Gasteiger partial charge in [-0.1, -0.05) is 46.9 Å². The van der Waals surface area contributed by atoms with E-state index in [2.05, 4.69) is 4.98 Å². The summed E-state index contributed by atoms with van der Waals surface area (Å²) in [4.78, 5) is 16.2. The van der Waals surface area contributed by atoms with Crippen LogP contribution in [-0.2, 0) is 20.9 Å². The number of carbonyl (C=O) groups is 1. The van der Waals surface area contributed by atoms with Gasteiger partial charge in [0.15, 0.2) is 6.10 Å². The monoisotopic (exact) mass is 495 g/mol. The Bertz CT molecular complexity index is 1030. The molecule has 32 heavy (non-hydrogen) atoms. The minimum absolute atomic E-state index is 0.127. The Morgan fingerprint density at radius 3 is 2.31 bits per heavy atom. The van der Waals surface area contributed by atoms with Crippen LogP contribution in [-0.4, -0.2) is 30.3 Å². The minimum Gasteiger partial charge on any atom is -0.479 e. The standard InChI is InChI=1S/C23H20Cl3NO5/c1-15(23(28)30-11-10-29-14-16-2-4-17(24)5-3-16)31-19-6-8-20(9-7-19)32-22-21(26)12-18(25)13-27-22/h2-9,12-13,15H,10-11,14H2,1H3. The first-order valence-corrected chi connectivity index (χ1v) is 10.8. The fourth-order valence-electron chi connectivity index (χ4n) is 2.52. The van der Waals surface area contributed by atoms with Crippen molar-refractivity contribution in [2.24, 2.45) is 0 Å². The number of carbonyl (C=O) groups excluding carboxylic acids is 1. The molecule has 1 atom stereocenters. The SMILES string of the molecule is CC(Oc1ccc(Oc2ncc(Cl)cc2Cl)cc1)C(=O)OCCOCc1ccc(Cl)cc1. The molecule has 0 aliphatic rings. The Morgan fingerprint density at radius 2 is 1.62 bits per heavy atom. The molecule has 0 saturated carbocycles. The molecule has 1 heterocycles. The number of esters is 1. The highest BCUT2D eigenvalue weighted by Crippen LogP contribution is 2.30. The lowest BCUT2D eigenvalue weighted by Crippen LogP contribution is -2.27. The van der Waals surface area contributed by atoms with Crippen LogP contribution in [0.2, 0.25) is 15.1 Å². The second-order valence-electron chi connectivity index (χ2n) is 6.62. The van der Waals surface area contributed by atoms with E-state index in [9.17, 15) is 4.79 Å². The Kier molecular flexibility index (Phi) is 9.00. The van der Waals surface area contributed by atoms with E-state index in [-0.39, 0.29) is 19.1 Å². The van der Waals surface area contributed by atoms with Gasteiger partial charge in [-0.2, -0.15) is 0 Å². The van der Waals surface area contributed by atoms with Crippen molar-refractivity contribution in [2.45, 2.75) is 19.6 Å². The first-order valence-electron chi connectivity index (χ1n) is 9.65. The topological polar surface area (TPSA) is 66.9 Å². The van der Waals surface area contributed by atoms with Gasteiger partial charge in [0.1, 0.15) is 23.1 Å². The number of pyridine rings is 1. The van der Waals surface area contributed by atoms with Crippen LogP contribution < -0.4 is 9.47 Å². The lowest BCUT2D eigenvalue weighted by Gasteiger charge is -2.14. The number of aromatic nitrogens is 1. The molecule has 0 spiro atoms. The van der Waals surface area contributed by atoms with Crippen LogP contribution in [0.5, 0.6) is 17.4 Å². The zero-order valence-corrected chi connectivity index (χ0v) is 19.4. The van der Waals surface area contributed by atoms with E-state index in [1.54, 1.807) is 49.4 Å². The molecule has 0 saturated heterocycles. The third-order valence-electron chi connectivity index (χ3n) is 4.11. The summed E-state index contributed by atoms with van der Waals surface area (Å²) >= 11 is 17.7. The van der Waals surface area contributed by atoms with Gasteiger partial charge in [0, 0.05) is 11.2 Å². The van der Waals surface area contributed by atoms with E-state index >= 15 is 0 Å². The van der Waals surface area contributed by atoms with Gasteiger partial charge in [-0.15, -0.1) is 0 Å². The van der Waals surface area contributed by atoms with Gasteiger partial charge in [-0.05, 0) is 55.0 Å². The van der Waals surface area contributed by atoms with Crippen LogP contribution in [0.25, 0.3) is 0 Å². The average molecular weight is 497 g/mol. The fraction of sp³-hybridized carbons (Fsp3) is 0.217. The molecule has 168 valence electrons. The molecule has 3 rings (SSSR count). The molecule has 0 N–H and O–H groups in total. The zero-order chi connectivity index (χ0) is 22.9. The van der Waals surface area contributed by atoms with Crippen LogP contribution in [0.3, 0.4) is 0 Å². The summed E-state index contributed by atoms with van der Waals surface area (Å²) in [6.07, 6.45) is 0.654. The van der Waals surface area contributed by atoms with Gasteiger partial charge in [0.25, 0.3) is 0 Å². The van der Waals surface area contributed by atoms with E-state index in [4.69, 9.17) is 53.8 Å². The molecule has 3 aromatic rings. The highest BCUT2D eigenvalue weighted by Gasteiger charge is 2.16. The summed E-state index contributed by atoms with van der Waals surface area (Å²) in [5, 5.41) is 1.38. The number of hydrogen-bond acceptors (Lipinski definition) is 6. The first-order chi connectivity index (χ1) is 15.4. The third kappa shape index (κ3) is 7.57. The summed E-state index contributed by atoms with van der Waals surface area (Å²) in [6.45, 7) is 2.42. The van der Waals surface area contributed by atoms with Crippen molar-refractivity contribution in [1.82, 2.24) is 4.98 Å². The van der Waals surface area contributed by atoms with Gasteiger partial charge >= 0.3 is 5.97 Å². The second-order valence-corrected chi connectivity index (χ2v) is 7.90. The predicted octanol–water partition coefficient (Wildman–Crippen LogP) is 6.36. The van der Waals surface area contributed by atoms with Crippen LogP contribution >= 0.6 is 34.8 Å². The maximum Gasteiger partial charge on any atom is 0.347 e. The maximum atomic E-state index is 12.1. The summed E-state index contributed by atoms with van der Waals surface area (Å²) in [5.41, 5.74) is 0.985. The molecule has 9 heteroatoms. The number of halogens is 3. The second kappa shape index (κ2) is 11.9. The van der Waals surface area contributed by atoms with Crippen LogP contribution in [0.15, 0.2) is 60.8 Å². The van der Waals surface area contributed by atoms with Gasteiger partial charge in [0.05, 0.1) is 18.2 Å². The van der Waals surface area contributed by atoms with E-state index < -0.39 is 12.1 Å². The molecule has 6 nitrogen and oxygen atoms in total. The van der Waals surface area contributed by atoms with Crippen molar-refractivity contribution in [3.05, 3.63) is 81.4 Å². The average Bonchev–Trinajstić information content (AvgIpc) is 2.78. The van der Waals surface area contributed by atoms with E-state index in [0.717, 1.165) is 5.56 Å². The molecular formula is C23H20Cl3NO5. The maximum absolute atomic E-state index is 12.1. The summed E-state index contributed by atoms with van der Waals surface area (Å²) in [6, 6.07) is 15.6. The Balaban J connectivity index is 1.39. The smallest absolute Gasteiger partial charge is 0.347 e. The normalized spacial score (nSPS) is 11.6. The van der Waals surface area contributed by atoms with Crippen LogP contribution in [0.1, 0.15) is 12.5 Å². The number of rotatable bonds is 10. The first kappa shape index (κ1) is 24.1. The largest absolute Gasteiger partial charge is 0.479 e. The summed E-state index contributed by atoms with van der Waals surface area (Å²) in [5.74, 6) is 0.732. The zero-order valence-electron chi connectivity index (χ0n) is 17.1. The molecule has 0 bridgehead atoms. The summed E-state index contributed by atoms with van der Waals surface area (Å²) in [7, 11) is 0. The Morgan fingerprint density at radius 1 is 0.938 bits per heavy atom. The quantitative estimate of drug-likeness (QED) is 0.240. The number of ether oxygens (including phenoxy) is 4. The lowest BCUT2D eigenvalue weighted by atomic mass is 10.2. The molecule has 1 aromatic heterocycles. The van der Waals surface area contributed by atoms with Gasteiger partial charge in [0.2, 0.25) is 5.88 Å². The minimum atomic E-state index is -0.787. The Hall–Kier alpha value is -2.51. The van der Waals surface area contributed by atoms with Gasteiger partial charge in [-0.25, -0.2) is 9.78 Å². The summed E-state index contributed by atoms with van der Waals surface area (Å²) < 4.78 is 21.9. The number of hydrogen-bond donors (Lipinski definition) is 0. The van der Waals surface area contributed by atoms with Crippen molar-refractivity contribution in [1.29, 1.82) is 0 Å². The van der Waals surface area contributed by atoms with E-state index in [1.165, 1.54) is 6.20 Å². The number of nitrogens with zero attached hydrogens (tertiary/aromatic N) is 1. The molecule has 0 radical (unpaired) electrons. The molecule has 0 fully saturated rings. The van der Waals surface area contributed by atoms with Crippen molar-refractivity contribution in [2.75, 3.05) is 13.2 Å². The van der Waals surface area contributed by atoms with E-state index in [1.807, 2.05) is 12.1 Å². The van der Waals surface area contributed by atoms with Crippen LogP contribution in [0, 0.1) is 0 Å². The molecule has 2 aromatic carbocycles. The third-order valence-corrected chi connectivity index (χ3v) is 4.84. The van der Waals surface area contributed by atoms with Crippen molar-refractivity contribution < 1.29 is 23.7 Å². The molecular weight excluding hydrogens is 477 g/mol. The van der Waals surface area contributed by atoms with E-state index in [0.29, 0.717) is 33.2 Å². The molecule has 0 aliphatic heterocycles. The van der Waals surface area contributed by atoms with Crippen LogP contribution in [0.4, 0.5) is 0 Å². The lowest BCUT2D eigenvalue weighted by molar-refractivity contribution is -0.152. The Labute approximate surface area is 200 Å². The highest BCUT2D eigenvalue weighted by atomic mass is 35.5. The van der Waals surface area contributed by atoms with Crippen molar-refractivity contribution >= 4 is 40.8 Å². The molecule has 0 amide bonds. The highest BCUT2D eigenvalue weighted by molar-refractivity contribution is 6.35. The fourth-order valence-corrected chi connectivity index (χ4v) is 3.06. The number of benzene rings is 2. The molecule has 1 unspecified atom stereocenters. The van der Waals surface area contributed by atoms with Crippen molar-refractivity contribution in [3.63, 3.8) is 0 Å². The predicted molar refractivity (Wildman–Crippen MR) is 123 cm³/mol. The van der Waals surface area contributed by atoms with Crippen molar-refractivity contribution in [3.8, 4) is 17.4 Å². The molecule has 0 aliphatic carbocycles. The van der Waals surface area contributed by atoms with Gasteiger partial charge < -0.3 is 18.9 Å². The van der Waals surface area contributed by atoms with Gasteiger partial charge in [-0.3, -0.25) is 0 Å².